The van der Waals surface area contributed by atoms with Crippen LogP contribution >= 0.6 is 0 Å². The number of benzene rings is 3. The highest BCUT2D eigenvalue weighted by molar-refractivity contribution is 7.89. The zero-order valence-corrected chi connectivity index (χ0v) is 20.1. The first kappa shape index (κ1) is 24.4. The van der Waals surface area contributed by atoms with Crippen molar-refractivity contribution in [3.63, 3.8) is 0 Å². The molecular weight excluding hydrogens is 466 g/mol. The number of methoxy groups -OCH3 is 1. The van der Waals surface area contributed by atoms with Crippen molar-refractivity contribution < 1.29 is 22.7 Å². The van der Waals surface area contributed by atoms with Gasteiger partial charge in [0.15, 0.2) is 0 Å². The van der Waals surface area contributed by atoms with Gasteiger partial charge >= 0.3 is 0 Å². The largest absolute Gasteiger partial charge is 0.496 e. The van der Waals surface area contributed by atoms with Crippen molar-refractivity contribution in [2.45, 2.75) is 36.7 Å². The summed E-state index contributed by atoms with van der Waals surface area (Å²) in [6.45, 7) is 0.189. The van der Waals surface area contributed by atoms with Gasteiger partial charge in [-0.25, -0.2) is 8.42 Å². The Hall–Kier alpha value is -3.69. The molecule has 1 atom stereocenters. The fraction of sp³-hybridized carbons (Fsp3) is 0.231. The van der Waals surface area contributed by atoms with Crippen LogP contribution in [0, 0.1) is 0 Å². The third-order valence-electron chi connectivity index (χ3n) is 5.82. The third-order valence-corrected chi connectivity index (χ3v) is 7.29. The van der Waals surface area contributed by atoms with Gasteiger partial charge in [0.05, 0.1) is 12.0 Å². The molecule has 0 fully saturated rings. The molecule has 1 unspecified atom stereocenters. The predicted octanol–water partition coefficient (Wildman–Crippen LogP) is 2.79. The van der Waals surface area contributed by atoms with Crippen LogP contribution < -0.4 is 20.1 Å². The summed E-state index contributed by atoms with van der Waals surface area (Å²) >= 11 is 0. The first-order chi connectivity index (χ1) is 16.9. The van der Waals surface area contributed by atoms with Crippen LogP contribution in [0.4, 0.5) is 5.69 Å². The molecule has 0 spiro atoms. The molecule has 35 heavy (non-hydrogen) atoms. The van der Waals surface area contributed by atoms with Crippen LogP contribution in [0.2, 0.25) is 0 Å². The molecule has 3 aromatic carbocycles. The number of aryl methyl sites for hydroxylation is 1. The van der Waals surface area contributed by atoms with E-state index in [0.29, 0.717) is 24.3 Å². The van der Waals surface area contributed by atoms with Crippen molar-refractivity contribution in [3.8, 4) is 5.75 Å². The average Bonchev–Trinajstić information content (AvgIpc) is 2.87. The highest BCUT2D eigenvalue weighted by atomic mass is 32.2. The van der Waals surface area contributed by atoms with Crippen molar-refractivity contribution in [2.24, 2.45) is 0 Å². The van der Waals surface area contributed by atoms with Gasteiger partial charge in [-0.1, -0.05) is 48.5 Å². The minimum Gasteiger partial charge on any atom is -0.496 e. The number of amides is 2. The minimum absolute atomic E-state index is 0.0444. The number of ether oxygens (including phenoxy) is 1. The van der Waals surface area contributed by atoms with Gasteiger partial charge in [0.25, 0.3) is 0 Å². The summed E-state index contributed by atoms with van der Waals surface area (Å²) < 4.78 is 34.4. The lowest BCUT2D eigenvalue weighted by atomic mass is 10.0. The van der Waals surface area contributed by atoms with Gasteiger partial charge < -0.3 is 15.4 Å². The topological polar surface area (TPSA) is 114 Å². The molecule has 0 saturated heterocycles. The molecule has 3 N–H and O–H groups in total. The number of fused-ring (bicyclic) bond motifs is 1. The molecule has 182 valence electrons. The Balaban J connectivity index is 1.55. The number of carbonyl (C=O) groups is 2. The lowest BCUT2D eigenvalue weighted by Crippen LogP contribution is -2.47. The molecule has 4 rings (SSSR count). The summed E-state index contributed by atoms with van der Waals surface area (Å²) in [5.41, 5.74) is 2.95. The average molecular weight is 494 g/mol. The molecule has 0 radical (unpaired) electrons. The number of nitrogens with one attached hydrogen (secondary N) is 3. The molecule has 8 nitrogen and oxygen atoms in total. The standard InChI is InChI=1S/C26H27N3O5S/c1-34-24-10-6-5-9-20(24)17-27-26(31)23(15-18-7-3-2-4-8-18)29-35(32,33)21-12-13-22-19(16-21)11-14-25(30)28-22/h2-10,12-13,16,23,29H,11,14-15,17H2,1H3,(H,27,31)(H,28,30). The third kappa shape index (κ3) is 6.06. The minimum atomic E-state index is -4.02. The molecule has 0 bridgehead atoms. The Morgan fingerprint density at radius 1 is 1.03 bits per heavy atom. The first-order valence-corrected chi connectivity index (χ1v) is 12.7. The lowest BCUT2D eigenvalue weighted by Gasteiger charge is -2.21. The Morgan fingerprint density at radius 2 is 1.77 bits per heavy atom. The number of rotatable bonds is 9. The molecule has 2 amide bonds. The molecule has 1 aliphatic rings. The van der Waals surface area contributed by atoms with Crippen LogP contribution in [-0.2, 0) is 39.0 Å². The fourth-order valence-electron chi connectivity index (χ4n) is 3.97. The van der Waals surface area contributed by atoms with Gasteiger partial charge in [-0.05, 0) is 48.2 Å². The van der Waals surface area contributed by atoms with E-state index in [1.165, 1.54) is 6.07 Å². The maximum Gasteiger partial charge on any atom is 0.241 e. The van der Waals surface area contributed by atoms with Gasteiger partial charge in [-0.3, -0.25) is 9.59 Å². The van der Waals surface area contributed by atoms with Crippen molar-refractivity contribution in [1.29, 1.82) is 0 Å². The summed E-state index contributed by atoms with van der Waals surface area (Å²) in [6, 6.07) is 20.0. The van der Waals surface area contributed by atoms with E-state index in [9.17, 15) is 18.0 Å². The second-order valence-electron chi connectivity index (χ2n) is 8.26. The normalized spacial score (nSPS) is 13.9. The van der Waals surface area contributed by atoms with Gasteiger partial charge in [0.2, 0.25) is 21.8 Å². The molecule has 0 saturated carbocycles. The SMILES string of the molecule is COc1ccccc1CNC(=O)C(Cc1ccccc1)NS(=O)(=O)c1ccc2c(c1)CCC(=O)N2. The second-order valence-corrected chi connectivity index (χ2v) is 9.97. The zero-order valence-electron chi connectivity index (χ0n) is 19.3. The van der Waals surface area contributed by atoms with Crippen LogP contribution in [0.1, 0.15) is 23.1 Å². The molecule has 0 aliphatic carbocycles. The summed E-state index contributed by atoms with van der Waals surface area (Å²) in [6.07, 6.45) is 0.933. The Morgan fingerprint density at radius 3 is 2.54 bits per heavy atom. The predicted molar refractivity (Wildman–Crippen MR) is 132 cm³/mol. The van der Waals surface area contributed by atoms with E-state index in [0.717, 1.165) is 16.7 Å². The lowest BCUT2D eigenvalue weighted by molar-refractivity contribution is -0.123. The number of hydrogen-bond donors (Lipinski definition) is 3. The monoisotopic (exact) mass is 493 g/mol. The maximum atomic E-state index is 13.3. The summed E-state index contributed by atoms with van der Waals surface area (Å²) in [5, 5.41) is 5.57. The number of sulfonamides is 1. The van der Waals surface area contributed by atoms with E-state index >= 15 is 0 Å². The van der Waals surface area contributed by atoms with Crippen molar-refractivity contribution in [1.82, 2.24) is 10.0 Å². The molecule has 1 aliphatic heterocycles. The van der Waals surface area contributed by atoms with Gasteiger partial charge in [0.1, 0.15) is 11.8 Å². The van der Waals surface area contributed by atoms with Gasteiger partial charge in [-0.15, -0.1) is 0 Å². The first-order valence-electron chi connectivity index (χ1n) is 11.2. The van der Waals surface area contributed by atoms with E-state index < -0.39 is 22.0 Å². The Kier molecular flexibility index (Phi) is 7.48. The molecule has 3 aromatic rings. The molecular formula is C26H27N3O5S. The van der Waals surface area contributed by atoms with E-state index in [1.54, 1.807) is 25.3 Å². The van der Waals surface area contributed by atoms with E-state index in [2.05, 4.69) is 15.4 Å². The quantitative estimate of drug-likeness (QED) is 0.424. The van der Waals surface area contributed by atoms with Crippen LogP contribution in [0.25, 0.3) is 0 Å². The molecule has 9 heteroatoms. The van der Waals surface area contributed by atoms with Crippen LogP contribution in [0.15, 0.2) is 77.7 Å². The fourth-order valence-corrected chi connectivity index (χ4v) is 5.22. The van der Waals surface area contributed by atoms with Crippen molar-refractivity contribution >= 4 is 27.5 Å². The zero-order chi connectivity index (χ0) is 24.8. The Labute approximate surface area is 204 Å². The summed E-state index contributed by atoms with van der Waals surface area (Å²) in [4.78, 5) is 24.8. The van der Waals surface area contributed by atoms with Crippen LogP contribution in [0.3, 0.4) is 0 Å². The molecule has 1 heterocycles. The number of carbonyl (C=O) groups excluding carboxylic acids is 2. The smallest absolute Gasteiger partial charge is 0.241 e. The number of anilines is 1. The van der Waals surface area contributed by atoms with Crippen molar-refractivity contribution in [2.75, 3.05) is 12.4 Å². The van der Waals surface area contributed by atoms with E-state index in [4.69, 9.17) is 4.74 Å². The van der Waals surface area contributed by atoms with E-state index in [-0.39, 0.29) is 23.8 Å². The maximum absolute atomic E-state index is 13.3. The van der Waals surface area contributed by atoms with Gasteiger partial charge in [0, 0.05) is 24.2 Å². The number of hydrogen-bond acceptors (Lipinski definition) is 5. The second kappa shape index (κ2) is 10.7. The van der Waals surface area contributed by atoms with Crippen molar-refractivity contribution in [3.05, 3.63) is 89.5 Å². The highest BCUT2D eigenvalue weighted by Crippen LogP contribution is 2.25. The summed E-state index contributed by atoms with van der Waals surface area (Å²) in [5.74, 6) is 0.0866. The van der Waals surface area contributed by atoms with Crippen LogP contribution in [0.5, 0.6) is 5.75 Å². The van der Waals surface area contributed by atoms with Gasteiger partial charge in [-0.2, -0.15) is 4.72 Å². The Bertz CT molecular complexity index is 1330. The summed E-state index contributed by atoms with van der Waals surface area (Å²) in [7, 11) is -2.46. The van der Waals surface area contributed by atoms with Crippen LogP contribution in [-0.4, -0.2) is 33.4 Å². The highest BCUT2D eigenvalue weighted by Gasteiger charge is 2.27. The molecule has 0 aromatic heterocycles. The number of para-hydroxylation sites is 1. The van der Waals surface area contributed by atoms with E-state index in [1.807, 2.05) is 48.5 Å².